The largest absolute Gasteiger partial charge is 0.385 e. The van der Waals surface area contributed by atoms with Crippen LogP contribution >= 0.6 is 0 Å². The van der Waals surface area contributed by atoms with Crippen molar-refractivity contribution in [2.24, 2.45) is 7.05 Å². The van der Waals surface area contributed by atoms with E-state index in [9.17, 15) is 9.18 Å². The molecule has 0 bridgehead atoms. The number of benzene rings is 1. The van der Waals surface area contributed by atoms with E-state index in [1.54, 1.807) is 31.6 Å². The fraction of sp³-hybridized carbons (Fsp3) is 0.375. The van der Waals surface area contributed by atoms with Crippen LogP contribution in [-0.2, 0) is 11.8 Å². The third kappa shape index (κ3) is 4.79. The minimum absolute atomic E-state index is 0.307. The molecule has 6 nitrogen and oxygen atoms in total. The van der Waals surface area contributed by atoms with Crippen molar-refractivity contribution in [1.82, 2.24) is 20.2 Å². The van der Waals surface area contributed by atoms with Crippen LogP contribution in [0.3, 0.4) is 0 Å². The van der Waals surface area contributed by atoms with Crippen molar-refractivity contribution in [1.29, 1.82) is 0 Å². The third-order valence-corrected chi connectivity index (χ3v) is 3.41. The number of rotatable bonds is 7. The van der Waals surface area contributed by atoms with Crippen LogP contribution in [0.2, 0.25) is 0 Å². The zero-order valence-electron chi connectivity index (χ0n) is 13.3. The molecule has 0 aliphatic rings. The number of nitrogens with one attached hydrogen (secondary N) is 2. The van der Waals surface area contributed by atoms with Gasteiger partial charge in [-0.1, -0.05) is 12.1 Å². The number of carbonyl (C=O) groups excluding carboxylic acids is 1. The van der Waals surface area contributed by atoms with Gasteiger partial charge in [0.2, 0.25) is 0 Å². The van der Waals surface area contributed by atoms with Crippen molar-refractivity contribution in [3.63, 3.8) is 0 Å². The Morgan fingerprint density at radius 1 is 1.39 bits per heavy atom. The van der Waals surface area contributed by atoms with Crippen molar-refractivity contribution in [2.75, 3.05) is 20.3 Å². The number of amides is 2. The second kappa shape index (κ2) is 8.28. The Kier molecular flexibility index (Phi) is 6.10. The predicted octanol–water partition coefficient (Wildman–Crippen LogP) is 1.98. The van der Waals surface area contributed by atoms with Gasteiger partial charge in [0.1, 0.15) is 17.7 Å². The van der Waals surface area contributed by atoms with Crippen LogP contribution in [0.15, 0.2) is 36.7 Å². The zero-order chi connectivity index (χ0) is 16.7. The van der Waals surface area contributed by atoms with Crippen LogP contribution in [0.4, 0.5) is 9.18 Å². The summed E-state index contributed by atoms with van der Waals surface area (Å²) in [5.74, 6) is 0.347. The average Bonchev–Trinajstić information content (AvgIpc) is 2.96. The molecule has 23 heavy (non-hydrogen) atoms. The molecule has 2 rings (SSSR count). The Morgan fingerprint density at radius 3 is 2.74 bits per heavy atom. The number of aromatic nitrogens is 2. The van der Waals surface area contributed by atoms with E-state index in [2.05, 4.69) is 15.6 Å². The number of hydrogen-bond acceptors (Lipinski definition) is 3. The highest BCUT2D eigenvalue weighted by atomic mass is 19.1. The molecule has 1 aromatic heterocycles. The Hall–Kier alpha value is -2.41. The number of hydrogen-bond donors (Lipinski definition) is 2. The lowest BCUT2D eigenvalue weighted by molar-refractivity contribution is 0.193. The lowest BCUT2D eigenvalue weighted by Gasteiger charge is -2.19. The molecule has 0 aliphatic heterocycles. The molecule has 2 aromatic rings. The molecule has 1 heterocycles. The molecule has 1 unspecified atom stereocenters. The molecule has 2 N–H and O–H groups in total. The number of aryl methyl sites for hydroxylation is 1. The first-order chi connectivity index (χ1) is 11.1. The Labute approximate surface area is 134 Å². The Morgan fingerprint density at radius 2 is 2.13 bits per heavy atom. The fourth-order valence-electron chi connectivity index (χ4n) is 2.21. The number of methoxy groups -OCH3 is 1. The summed E-state index contributed by atoms with van der Waals surface area (Å²) in [6, 6.07) is 5.24. The van der Waals surface area contributed by atoms with E-state index in [-0.39, 0.29) is 11.8 Å². The minimum Gasteiger partial charge on any atom is -0.385 e. The van der Waals surface area contributed by atoms with Gasteiger partial charge >= 0.3 is 6.03 Å². The topological polar surface area (TPSA) is 68.2 Å². The second-order valence-corrected chi connectivity index (χ2v) is 5.13. The lowest BCUT2D eigenvalue weighted by atomic mass is 10.1. The Bertz CT molecular complexity index is 627. The quantitative estimate of drug-likeness (QED) is 0.767. The lowest BCUT2D eigenvalue weighted by Crippen LogP contribution is -2.39. The van der Waals surface area contributed by atoms with Gasteiger partial charge in [-0.15, -0.1) is 0 Å². The average molecular weight is 320 g/mol. The molecule has 0 radical (unpaired) electrons. The third-order valence-electron chi connectivity index (χ3n) is 3.41. The van der Waals surface area contributed by atoms with Crippen LogP contribution in [-0.4, -0.2) is 35.8 Å². The van der Waals surface area contributed by atoms with Gasteiger partial charge in [0.05, 0.1) is 0 Å². The SMILES string of the molecule is COCCCNC(=O)NC(c1ccc(F)cc1)c1nccn1C. The first-order valence-corrected chi connectivity index (χ1v) is 7.38. The van der Waals surface area contributed by atoms with E-state index < -0.39 is 6.04 Å². The number of urea groups is 1. The van der Waals surface area contributed by atoms with Gasteiger partial charge in [-0.25, -0.2) is 14.2 Å². The zero-order valence-corrected chi connectivity index (χ0v) is 13.3. The van der Waals surface area contributed by atoms with E-state index in [4.69, 9.17) is 4.74 Å². The number of imidazole rings is 1. The molecule has 0 fully saturated rings. The van der Waals surface area contributed by atoms with Crippen molar-refractivity contribution in [2.45, 2.75) is 12.5 Å². The van der Waals surface area contributed by atoms with Crippen LogP contribution < -0.4 is 10.6 Å². The highest BCUT2D eigenvalue weighted by molar-refractivity contribution is 5.74. The van der Waals surface area contributed by atoms with Gasteiger partial charge in [0, 0.05) is 39.7 Å². The fourth-order valence-corrected chi connectivity index (χ4v) is 2.21. The molecule has 1 atom stereocenters. The van der Waals surface area contributed by atoms with Crippen LogP contribution in [0, 0.1) is 5.82 Å². The summed E-state index contributed by atoms with van der Waals surface area (Å²) >= 11 is 0. The summed E-state index contributed by atoms with van der Waals surface area (Å²) in [6.07, 6.45) is 4.18. The second-order valence-electron chi connectivity index (χ2n) is 5.13. The summed E-state index contributed by atoms with van der Waals surface area (Å²) in [6.45, 7) is 1.09. The highest BCUT2D eigenvalue weighted by Gasteiger charge is 2.20. The summed E-state index contributed by atoms with van der Waals surface area (Å²) in [7, 11) is 3.46. The molecular formula is C16H21FN4O2. The van der Waals surface area contributed by atoms with Crippen molar-refractivity contribution in [3.8, 4) is 0 Å². The van der Waals surface area contributed by atoms with Gasteiger partial charge in [0.15, 0.2) is 0 Å². The standard InChI is InChI=1S/C16H21FN4O2/c1-21-10-9-18-15(21)14(12-4-6-13(17)7-5-12)20-16(22)19-8-3-11-23-2/h4-7,9-10,14H,3,8,11H2,1-2H3,(H2,19,20,22). The Balaban J connectivity index is 2.10. The summed E-state index contributed by atoms with van der Waals surface area (Å²) in [5, 5.41) is 5.65. The molecule has 0 spiro atoms. The van der Waals surface area contributed by atoms with Crippen LogP contribution in [0.5, 0.6) is 0 Å². The number of ether oxygens (including phenoxy) is 1. The van der Waals surface area contributed by atoms with Gasteiger partial charge < -0.3 is 19.9 Å². The smallest absolute Gasteiger partial charge is 0.315 e. The van der Waals surface area contributed by atoms with Gasteiger partial charge in [0.25, 0.3) is 0 Å². The number of halogens is 1. The van der Waals surface area contributed by atoms with Crippen molar-refractivity contribution >= 4 is 6.03 Å². The molecular weight excluding hydrogens is 299 g/mol. The van der Waals surface area contributed by atoms with Gasteiger partial charge in [-0.3, -0.25) is 0 Å². The number of carbonyl (C=O) groups is 1. The maximum Gasteiger partial charge on any atom is 0.315 e. The van der Waals surface area contributed by atoms with Gasteiger partial charge in [-0.05, 0) is 24.1 Å². The van der Waals surface area contributed by atoms with Gasteiger partial charge in [-0.2, -0.15) is 0 Å². The molecule has 124 valence electrons. The molecule has 0 aliphatic carbocycles. The first-order valence-electron chi connectivity index (χ1n) is 7.38. The van der Waals surface area contributed by atoms with Crippen LogP contribution in [0.1, 0.15) is 23.9 Å². The van der Waals surface area contributed by atoms with Crippen molar-refractivity contribution < 1.29 is 13.9 Å². The maximum absolute atomic E-state index is 13.1. The molecule has 2 amide bonds. The normalized spacial score (nSPS) is 12.0. The molecule has 0 saturated carbocycles. The van der Waals surface area contributed by atoms with E-state index in [1.165, 1.54) is 12.1 Å². The van der Waals surface area contributed by atoms with Crippen molar-refractivity contribution in [3.05, 3.63) is 53.9 Å². The summed E-state index contributed by atoms with van der Waals surface area (Å²) in [5.41, 5.74) is 0.757. The maximum atomic E-state index is 13.1. The van der Waals surface area contributed by atoms with E-state index in [0.29, 0.717) is 19.0 Å². The molecule has 1 aromatic carbocycles. The number of nitrogens with zero attached hydrogens (tertiary/aromatic N) is 2. The molecule has 0 saturated heterocycles. The van der Waals surface area contributed by atoms with Crippen LogP contribution in [0.25, 0.3) is 0 Å². The van der Waals surface area contributed by atoms with E-state index in [1.807, 2.05) is 11.6 Å². The summed E-state index contributed by atoms with van der Waals surface area (Å²) < 4.78 is 19.9. The van der Waals surface area contributed by atoms with E-state index in [0.717, 1.165) is 12.0 Å². The molecule has 7 heteroatoms. The summed E-state index contributed by atoms with van der Waals surface area (Å²) in [4.78, 5) is 16.4. The first kappa shape index (κ1) is 17.0. The van der Waals surface area contributed by atoms with E-state index >= 15 is 0 Å². The predicted molar refractivity (Wildman–Crippen MR) is 84.5 cm³/mol. The monoisotopic (exact) mass is 320 g/mol. The minimum atomic E-state index is -0.460. The highest BCUT2D eigenvalue weighted by Crippen LogP contribution is 2.20.